The van der Waals surface area contributed by atoms with Crippen molar-refractivity contribution in [3.8, 4) is 0 Å². The first-order chi connectivity index (χ1) is 12.6. The molecule has 1 aliphatic heterocycles. The van der Waals surface area contributed by atoms with Crippen LogP contribution in [0.3, 0.4) is 0 Å². The zero-order valence-corrected chi connectivity index (χ0v) is 15.7. The van der Waals surface area contributed by atoms with Gasteiger partial charge in [0.05, 0.1) is 11.7 Å². The molecule has 0 saturated carbocycles. The predicted octanol–water partition coefficient (Wildman–Crippen LogP) is 2.58. The first-order valence-electron chi connectivity index (χ1n) is 9.41. The molecular weight excluding hydrogens is 328 g/mol. The Kier molecular flexibility index (Phi) is 4.40. The molecule has 1 N–H and O–H groups in total. The van der Waals surface area contributed by atoms with Crippen LogP contribution in [0.4, 0.5) is 0 Å². The number of hydrogen-bond acceptors (Lipinski definition) is 4. The maximum absolute atomic E-state index is 12.4. The lowest BCUT2D eigenvalue weighted by Crippen LogP contribution is -2.34. The molecule has 0 radical (unpaired) electrons. The van der Waals surface area contributed by atoms with Gasteiger partial charge in [0, 0.05) is 48.5 Å². The summed E-state index contributed by atoms with van der Waals surface area (Å²) < 4.78 is 3.62. The molecule has 1 fully saturated rings. The Hall–Kier alpha value is -2.41. The molecule has 0 amide bonds. The fourth-order valence-corrected chi connectivity index (χ4v) is 4.13. The molecule has 4 rings (SSSR count). The number of aromatic amines is 1. The van der Waals surface area contributed by atoms with Crippen molar-refractivity contribution in [1.29, 1.82) is 0 Å². The summed E-state index contributed by atoms with van der Waals surface area (Å²) in [6, 6.07) is 1.94. The Morgan fingerprint density at radius 3 is 2.92 bits per heavy atom. The molecule has 7 heteroatoms. The maximum Gasteiger partial charge on any atom is 0.259 e. The third-order valence-electron chi connectivity index (χ3n) is 5.58. The van der Waals surface area contributed by atoms with Crippen LogP contribution in [-0.4, -0.2) is 35.6 Å². The number of aromatic nitrogens is 5. The Bertz CT molecular complexity index is 982. The van der Waals surface area contributed by atoms with E-state index < -0.39 is 0 Å². The normalized spacial score (nSPS) is 18.7. The lowest BCUT2D eigenvalue weighted by atomic mass is 9.98. The molecule has 0 spiro atoms. The molecular formula is C19H26N6O. The highest BCUT2D eigenvalue weighted by atomic mass is 16.1. The van der Waals surface area contributed by atoms with Gasteiger partial charge in [0.2, 0.25) is 5.78 Å². The molecule has 0 aliphatic carbocycles. The van der Waals surface area contributed by atoms with Crippen molar-refractivity contribution in [3.63, 3.8) is 0 Å². The van der Waals surface area contributed by atoms with Crippen molar-refractivity contribution >= 4 is 5.78 Å². The first kappa shape index (κ1) is 17.0. The molecule has 1 saturated heterocycles. The Labute approximate surface area is 152 Å². The summed E-state index contributed by atoms with van der Waals surface area (Å²) in [7, 11) is 0. The second-order valence-corrected chi connectivity index (χ2v) is 7.13. The molecule has 4 heterocycles. The second kappa shape index (κ2) is 6.72. The smallest absolute Gasteiger partial charge is 0.259 e. The van der Waals surface area contributed by atoms with Crippen LogP contribution in [0.15, 0.2) is 23.3 Å². The van der Waals surface area contributed by atoms with E-state index in [0.29, 0.717) is 5.78 Å². The van der Waals surface area contributed by atoms with Gasteiger partial charge in [0.1, 0.15) is 0 Å². The van der Waals surface area contributed by atoms with Crippen molar-refractivity contribution in [1.82, 2.24) is 29.0 Å². The summed E-state index contributed by atoms with van der Waals surface area (Å²) in [4.78, 5) is 22.5. The minimum atomic E-state index is -0.0251. The van der Waals surface area contributed by atoms with Crippen molar-refractivity contribution in [3.05, 3.63) is 51.5 Å². The summed E-state index contributed by atoms with van der Waals surface area (Å²) in [5.41, 5.74) is 4.59. The average Bonchev–Trinajstić information content (AvgIpc) is 3.22. The van der Waals surface area contributed by atoms with E-state index in [0.717, 1.165) is 37.4 Å². The van der Waals surface area contributed by atoms with Crippen LogP contribution < -0.4 is 5.56 Å². The number of likely N-dealkylation sites (tertiary alicyclic amines) is 1. The molecule has 0 bridgehead atoms. The molecule has 0 aromatic carbocycles. The highest BCUT2D eigenvalue weighted by molar-refractivity contribution is 5.30. The van der Waals surface area contributed by atoms with Gasteiger partial charge < -0.3 is 4.98 Å². The minimum Gasteiger partial charge on any atom is -0.327 e. The monoisotopic (exact) mass is 354 g/mol. The fourth-order valence-electron chi connectivity index (χ4n) is 4.13. The number of H-pyrrole nitrogens is 1. The summed E-state index contributed by atoms with van der Waals surface area (Å²) in [5.74, 6) is 0.615. The number of imidazole rings is 1. The summed E-state index contributed by atoms with van der Waals surface area (Å²) in [5, 5.41) is 4.66. The van der Waals surface area contributed by atoms with Crippen molar-refractivity contribution < 1.29 is 0 Å². The van der Waals surface area contributed by atoms with Crippen molar-refractivity contribution in [2.75, 3.05) is 6.54 Å². The lowest BCUT2D eigenvalue weighted by Gasteiger charge is -2.35. The van der Waals surface area contributed by atoms with Crippen LogP contribution in [0.2, 0.25) is 0 Å². The maximum atomic E-state index is 12.4. The van der Waals surface area contributed by atoms with Gasteiger partial charge in [-0.2, -0.15) is 5.10 Å². The lowest BCUT2D eigenvalue weighted by molar-refractivity contribution is 0.136. The quantitative estimate of drug-likeness (QED) is 0.782. The molecule has 1 aliphatic rings. The van der Waals surface area contributed by atoms with E-state index in [4.69, 9.17) is 0 Å². The molecule has 0 unspecified atom stereocenters. The first-order valence-corrected chi connectivity index (χ1v) is 9.41. The zero-order chi connectivity index (χ0) is 18.3. The molecule has 26 heavy (non-hydrogen) atoms. The number of rotatable bonds is 4. The van der Waals surface area contributed by atoms with Crippen molar-refractivity contribution in [2.45, 2.75) is 59.2 Å². The van der Waals surface area contributed by atoms with Crippen LogP contribution >= 0.6 is 0 Å². The number of nitrogens with one attached hydrogen (secondary N) is 1. The van der Waals surface area contributed by atoms with Crippen LogP contribution in [0.25, 0.3) is 5.78 Å². The topological polar surface area (TPSA) is 71.2 Å². The van der Waals surface area contributed by atoms with E-state index in [1.807, 2.05) is 0 Å². The largest absolute Gasteiger partial charge is 0.327 e. The van der Waals surface area contributed by atoms with E-state index in [2.05, 4.69) is 45.4 Å². The fraction of sp³-hybridized carbons (Fsp3) is 0.526. The number of piperidine rings is 1. The Morgan fingerprint density at radius 1 is 1.31 bits per heavy atom. The van der Waals surface area contributed by atoms with Gasteiger partial charge in [-0.1, -0.05) is 6.42 Å². The third kappa shape index (κ3) is 2.86. The molecule has 138 valence electrons. The molecule has 3 aromatic heterocycles. The van der Waals surface area contributed by atoms with Crippen LogP contribution in [0, 0.1) is 13.8 Å². The predicted molar refractivity (Wildman–Crippen MR) is 100 cm³/mol. The average molecular weight is 354 g/mol. The number of fused-ring (bicyclic) bond motifs is 1. The van der Waals surface area contributed by atoms with Crippen molar-refractivity contribution in [2.24, 2.45) is 0 Å². The Morgan fingerprint density at radius 2 is 2.15 bits per heavy atom. The van der Waals surface area contributed by atoms with Crippen LogP contribution in [0.5, 0.6) is 0 Å². The van der Waals surface area contributed by atoms with Gasteiger partial charge in [0.25, 0.3) is 5.56 Å². The zero-order valence-electron chi connectivity index (χ0n) is 15.7. The summed E-state index contributed by atoms with van der Waals surface area (Å²) in [6.07, 6.45) is 6.76. The van der Waals surface area contributed by atoms with Gasteiger partial charge in [0.15, 0.2) is 0 Å². The van der Waals surface area contributed by atoms with E-state index in [-0.39, 0.29) is 11.6 Å². The number of hydrogen-bond donors (Lipinski definition) is 1. The van der Waals surface area contributed by atoms with E-state index >= 15 is 0 Å². The third-order valence-corrected chi connectivity index (χ3v) is 5.58. The number of nitrogens with zero attached hydrogens (tertiary/aromatic N) is 5. The van der Waals surface area contributed by atoms with Gasteiger partial charge in [-0.25, -0.2) is 4.98 Å². The highest BCUT2D eigenvalue weighted by Crippen LogP contribution is 2.31. The van der Waals surface area contributed by atoms with Gasteiger partial charge >= 0.3 is 0 Å². The highest BCUT2D eigenvalue weighted by Gasteiger charge is 2.27. The van der Waals surface area contributed by atoms with Crippen LogP contribution in [-0.2, 0) is 13.1 Å². The van der Waals surface area contributed by atoms with Gasteiger partial charge in [-0.15, -0.1) is 0 Å². The Balaban J connectivity index is 1.68. The summed E-state index contributed by atoms with van der Waals surface area (Å²) in [6.45, 7) is 9.14. The van der Waals surface area contributed by atoms with Gasteiger partial charge in [-0.3, -0.25) is 18.8 Å². The van der Waals surface area contributed by atoms with E-state index in [9.17, 15) is 4.79 Å². The van der Waals surface area contributed by atoms with Crippen LogP contribution in [0.1, 0.15) is 54.9 Å². The standard InChI is InChI=1S/C19H26N6O/c1-4-25-14(3)15(13(2)22-25)12-23-9-6-5-7-17(23)16-11-18(26)24-10-8-20-19(24)21-16/h8,10-11,17H,4-7,9,12H2,1-3H3,(H,20,21)/t17-/m0/s1. The van der Waals surface area contributed by atoms with E-state index in [1.165, 1.54) is 24.1 Å². The van der Waals surface area contributed by atoms with Gasteiger partial charge in [-0.05, 0) is 40.2 Å². The second-order valence-electron chi connectivity index (χ2n) is 7.13. The molecule has 7 nitrogen and oxygen atoms in total. The number of aryl methyl sites for hydroxylation is 2. The molecule has 1 atom stereocenters. The van der Waals surface area contributed by atoms with E-state index in [1.54, 1.807) is 22.9 Å². The SMILES string of the molecule is CCn1nc(C)c(CN2CCCC[C@H]2c2cc(=O)n3ccnc3[nH]2)c1C. The molecule has 3 aromatic rings. The summed E-state index contributed by atoms with van der Waals surface area (Å²) >= 11 is 0. The minimum absolute atomic E-state index is 0.0251.